The zero-order valence-electron chi connectivity index (χ0n) is 11.7. The van der Waals surface area contributed by atoms with Crippen LogP contribution in [0.15, 0.2) is 0 Å². The summed E-state index contributed by atoms with van der Waals surface area (Å²) in [5, 5.41) is 3.50. The smallest absolute Gasteiger partial charge is 0.0615 e. The molecule has 1 N–H and O–H groups in total. The molecule has 1 aliphatic rings. The van der Waals surface area contributed by atoms with Crippen molar-refractivity contribution in [2.24, 2.45) is 5.92 Å². The van der Waals surface area contributed by atoms with Crippen molar-refractivity contribution in [2.75, 3.05) is 47.1 Å². The molecular weight excluding hydrogens is 216 g/mol. The average Bonchev–Trinajstić information content (AvgIpc) is 2.32. The number of rotatable bonds is 7. The van der Waals surface area contributed by atoms with Gasteiger partial charge in [0.15, 0.2) is 0 Å². The van der Waals surface area contributed by atoms with Crippen LogP contribution in [-0.2, 0) is 9.47 Å². The van der Waals surface area contributed by atoms with E-state index in [9.17, 15) is 0 Å². The Hall–Kier alpha value is -0.160. The van der Waals surface area contributed by atoms with Gasteiger partial charge in [0.25, 0.3) is 0 Å². The second-order valence-corrected chi connectivity index (χ2v) is 5.07. The Morgan fingerprint density at radius 2 is 2.12 bits per heavy atom. The molecule has 3 atom stereocenters. The first kappa shape index (κ1) is 14.9. The molecule has 1 fully saturated rings. The van der Waals surface area contributed by atoms with E-state index < -0.39 is 0 Å². The summed E-state index contributed by atoms with van der Waals surface area (Å²) in [6.45, 7) is 9.38. The van der Waals surface area contributed by atoms with Crippen LogP contribution in [0.4, 0.5) is 0 Å². The lowest BCUT2D eigenvalue weighted by Gasteiger charge is -2.42. The number of nitrogens with zero attached hydrogens (tertiary/aromatic N) is 1. The zero-order chi connectivity index (χ0) is 12.7. The van der Waals surface area contributed by atoms with E-state index in [4.69, 9.17) is 9.47 Å². The molecule has 4 heteroatoms. The summed E-state index contributed by atoms with van der Waals surface area (Å²) in [7, 11) is 3.54. The average molecular weight is 244 g/mol. The van der Waals surface area contributed by atoms with Crippen LogP contribution in [0.1, 0.15) is 20.3 Å². The van der Waals surface area contributed by atoms with Crippen LogP contribution < -0.4 is 5.32 Å². The highest BCUT2D eigenvalue weighted by atomic mass is 16.5. The normalized spacial score (nSPS) is 27.4. The van der Waals surface area contributed by atoms with Crippen LogP contribution in [0.25, 0.3) is 0 Å². The fraction of sp³-hybridized carbons (Fsp3) is 1.00. The molecule has 17 heavy (non-hydrogen) atoms. The van der Waals surface area contributed by atoms with Crippen molar-refractivity contribution in [2.45, 2.75) is 32.4 Å². The van der Waals surface area contributed by atoms with Crippen LogP contribution in [-0.4, -0.2) is 64.1 Å². The minimum absolute atomic E-state index is 0.447. The second-order valence-electron chi connectivity index (χ2n) is 5.07. The van der Waals surface area contributed by atoms with Crippen molar-refractivity contribution >= 4 is 0 Å². The molecule has 0 aliphatic carbocycles. The molecular formula is C13H28N2O2. The van der Waals surface area contributed by atoms with Gasteiger partial charge in [-0.3, -0.25) is 4.90 Å². The highest BCUT2D eigenvalue weighted by Gasteiger charge is 2.29. The molecule has 0 aromatic rings. The van der Waals surface area contributed by atoms with Gasteiger partial charge in [-0.05, 0) is 25.8 Å². The van der Waals surface area contributed by atoms with E-state index in [-0.39, 0.29) is 0 Å². The monoisotopic (exact) mass is 244 g/mol. The highest BCUT2D eigenvalue weighted by Crippen LogP contribution is 2.19. The zero-order valence-corrected chi connectivity index (χ0v) is 11.7. The van der Waals surface area contributed by atoms with E-state index >= 15 is 0 Å². The third-order valence-electron chi connectivity index (χ3n) is 3.74. The maximum Gasteiger partial charge on any atom is 0.0615 e. The van der Waals surface area contributed by atoms with E-state index in [1.54, 1.807) is 14.2 Å². The van der Waals surface area contributed by atoms with Gasteiger partial charge in [0.2, 0.25) is 0 Å². The molecule has 3 unspecified atom stereocenters. The third kappa shape index (κ3) is 4.54. The Kier molecular flexibility index (Phi) is 7.04. The third-order valence-corrected chi connectivity index (χ3v) is 3.74. The van der Waals surface area contributed by atoms with E-state index in [1.807, 2.05) is 0 Å². The summed E-state index contributed by atoms with van der Waals surface area (Å²) in [6, 6.07) is 1.05. The largest absolute Gasteiger partial charge is 0.383 e. The number of nitrogens with one attached hydrogen (secondary N) is 1. The SMILES string of the molecule is COCCN(C(C)COC)C1CNCCC1C. The minimum atomic E-state index is 0.447. The molecule has 0 saturated carbocycles. The summed E-state index contributed by atoms with van der Waals surface area (Å²) < 4.78 is 10.5. The number of piperidine rings is 1. The number of hydrogen-bond acceptors (Lipinski definition) is 4. The predicted molar refractivity (Wildman–Crippen MR) is 70.4 cm³/mol. The first-order chi connectivity index (χ1) is 8.20. The van der Waals surface area contributed by atoms with Gasteiger partial charge in [-0.15, -0.1) is 0 Å². The van der Waals surface area contributed by atoms with Crippen molar-refractivity contribution < 1.29 is 9.47 Å². The van der Waals surface area contributed by atoms with Gasteiger partial charge >= 0.3 is 0 Å². The molecule has 0 aromatic heterocycles. The van der Waals surface area contributed by atoms with Gasteiger partial charge in [0.1, 0.15) is 0 Å². The van der Waals surface area contributed by atoms with E-state index in [2.05, 4.69) is 24.1 Å². The Morgan fingerprint density at radius 1 is 1.35 bits per heavy atom. The Labute approximate surface area is 106 Å². The van der Waals surface area contributed by atoms with E-state index in [0.29, 0.717) is 12.1 Å². The lowest BCUT2D eigenvalue weighted by atomic mass is 9.92. The molecule has 0 radical (unpaired) electrons. The van der Waals surface area contributed by atoms with Crippen LogP contribution in [0.5, 0.6) is 0 Å². The van der Waals surface area contributed by atoms with Crippen LogP contribution in [0, 0.1) is 5.92 Å². The summed E-state index contributed by atoms with van der Waals surface area (Å²) in [6.07, 6.45) is 1.26. The van der Waals surface area contributed by atoms with Crippen LogP contribution >= 0.6 is 0 Å². The fourth-order valence-corrected chi connectivity index (χ4v) is 2.66. The Balaban J connectivity index is 2.58. The maximum atomic E-state index is 5.29. The summed E-state index contributed by atoms with van der Waals surface area (Å²) in [5.41, 5.74) is 0. The van der Waals surface area contributed by atoms with E-state index in [0.717, 1.165) is 38.8 Å². The molecule has 102 valence electrons. The predicted octanol–water partition coefficient (Wildman–Crippen LogP) is 0.968. The molecule has 1 heterocycles. The van der Waals surface area contributed by atoms with Gasteiger partial charge < -0.3 is 14.8 Å². The van der Waals surface area contributed by atoms with Crippen molar-refractivity contribution in [3.8, 4) is 0 Å². The standard InChI is InChI=1S/C13H28N2O2/c1-11-5-6-14-9-13(11)15(7-8-16-3)12(2)10-17-4/h11-14H,5-10H2,1-4H3. The molecule has 0 spiro atoms. The van der Waals surface area contributed by atoms with Crippen molar-refractivity contribution in [3.63, 3.8) is 0 Å². The first-order valence-corrected chi connectivity index (χ1v) is 6.65. The molecule has 0 amide bonds. The summed E-state index contributed by atoms with van der Waals surface area (Å²) in [5.74, 6) is 0.743. The number of hydrogen-bond donors (Lipinski definition) is 1. The summed E-state index contributed by atoms with van der Waals surface area (Å²) in [4.78, 5) is 2.53. The van der Waals surface area contributed by atoms with Crippen LogP contribution in [0.2, 0.25) is 0 Å². The van der Waals surface area contributed by atoms with Crippen LogP contribution in [0.3, 0.4) is 0 Å². The Bertz CT molecular complexity index is 202. The molecule has 0 bridgehead atoms. The lowest BCUT2D eigenvalue weighted by Crippen LogP contribution is -2.55. The van der Waals surface area contributed by atoms with Crippen molar-refractivity contribution in [1.82, 2.24) is 10.2 Å². The number of ether oxygens (including phenoxy) is 2. The molecule has 4 nitrogen and oxygen atoms in total. The van der Waals surface area contributed by atoms with Crippen molar-refractivity contribution in [1.29, 1.82) is 0 Å². The second kappa shape index (κ2) is 8.03. The lowest BCUT2D eigenvalue weighted by molar-refractivity contribution is 0.0223. The summed E-state index contributed by atoms with van der Waals surface area (Å²) >= 11 is 0. The quantitative estimate of drug-likeness (QED) is 0.723. The maximum absolute atomic E-state index is 5.29. The molecule has 1 aliphatic heterocycles. The molecule has 1 saturated heterocycles. The van der Waals surface area contributed by atoms with Crippen molar-refractivity contribution in [3.05, 3.63) is 0 Å². The van der Waals surface area contributed by atoms with Gasteiger partial charge in [0, 0.05) is 39.4 Å². The topological polar surface area (TPSA) is 33.7 Å². The van der Waals surface area contributed by atoms with Gasteiger partial charge in [-0.1, -0.05) is 6.92 Å². The van der Waals surface area contributed by atoms with E-state index in [1.165, 1.54) is 6.42 Å². The number of methoxy groups -OCH3 is 2. The first-order valence-electron chi connectivity index (χ1n) is 6.65. The fourth-order valence-electron chi connectivity index (χ4n) is 2.66. The molecule has 1 rings (SSSR count). The Morgan fingerprint density at radius 3 is 2.71 bits per heavy atom. The van der Waals surface area contributed by atoms with Gasteiger partial charge in [0.05, 0.1) is 13.2 Å². The van der Waals surface area contributed by atoms with Gasteiger partial charge in [-0.25, -0.2) is 0 Å². The molecule has 0 aromatic carbocycles. The minimum Gasteiger partial charge on any atom is -0.383 e. The van der Waals surface area contributed by atoms with Gasteiger partial charge in [-0.2, -0.15) is 0 Å². The highest BCUT2D eigenvalue weighted by molar-refractivity contribution is 4.86.